The number of nitrogens with zero attached hydrogens (tertiary/aromatic N) is 4. The average Bonchev–Trinajstić information content (AvgIpc) is 3.26. The summed E-state index contributed by atoms with van der Waals surface area (Å²) in [5.74, 6) is -2.28. The highest BCUT2D eigenvalue weighted by molar-refractivity contribution is 6.07. The second-order valence-corrected chi connectivity index (χ2v) is 13.7. The van der Waals surface area contributed by atoms with Crippen LogP contribution in [0.25, 0.3) is 0 Å². The van der Waals surface area contributed by atoms with E-state index in [4.69, 9.17) is 4.74 Å². The Bertz CT molecular complexity index is 1020. The number of piperazine rings is 1. The number of amides is 5. The van der Waals surface area contributed by atoms with Crippen LogP contribution >= 0.6 is 0 Å². The maximum absolute atomic E-state index is 13.2. The average molecular weight is 549 g/mol. The van der Waals surface area contributed by atoms with Gasteiger partial charge in [0.25, 0.3) is 0 Å². The van der Waals surface area contributed by atoms with Crippen LogP contribution in [0.1, 0.15) is 67.7 Å². The van der Waals surface area contributed by atoms with E-state index >= 15 is 0 Å². The number of likely N-dealkylation sites (tertiary alicyclic amines) is 2. The number of carbonyl (C=O) groups is 5. The predicted molar refractivity (Wildman–Crippen MR) is 142 cm³/mol. The maximum atomic E-state index is 13.2. The molecule has 3 heterocycles. The Morgan fingerprint density at radius 1 is 0.872 bits per heavy atom. The molecule has 1 N–H and O–H groups in total. The van der Waals surface area contributed by atoms with Crippen LogP contribution in [-0.2, 0) is 19.1 Å². The second-order valence-electron chi connectivity index (χ2n) is 13.7. The minimum absolute atomic E-state index is 0.0580. The molecular formula is C28H44N4O7. The van der Waals surface area contributed by atoms with Crippen LogP contribution in [0.3, 0.4) is 0 Å². The van der Waals surface area contributed by atoms with E-state index < -0.39 is 35.5 Å². The molecule has 11 nitrogen and oxygen atoms in total. The molecule has 5 amide bonds. The van der Waals surface area contributed by atoms with E-state index in [0.717, 1.165) is 4.90 Å². The molecule has 2 atom stereocenters. The van der Waals surface area contributed by atoms with Gasteiger partial charge in [-0.15, -0.1) is 0 Å². The van der Waals surface area contributed by atoms with Gasteiger partial charge in [-0.3, -0.25) is 9.59 Å². The highest BCUT2D eigenvalue weighted by Crippen LogP contribution is 2.68. The Kier molecular flexibility index (Phi) is 7.44. The molecule has 11 heteroatoms. The summed E-state index contributed by atoms with van der Waals surface area (Å²) in [4.78, 5) is 69.5. The first-order valence-corrected chi connectivity index (χ1v) is 14.1. The van der Waals surface area contributed by atoms with E-state index in [9.17, 15) is 29.1 Å². The molecule has 4 aliphatic rings. The maximum Gasteiger partial charge on any atom is 0.410 e. The van der Waals surface area contributed by atoms with Crippen LogP contribution in [0.4, 0.5) is 9.59 Å². The van der Waals surface area contributed by atoms with E-state index in [1.807, 2.05) is 20.8 Å². The number of ether oxygens (including phenoxy) is 1. The monoisotopic (exact) mass is 548 g/mol. The molecular weight excluding hydrogens is 504 g/mol. The number of hydrogen-bond acceptors (Lipinski definition) is 6. The largest absolute Gasteiger partial charge is 0.480 e. The van der Waals surface area contributed by atoms with Gasteiger partial charge in [0.1, 0.15) is 5.60 Å². The number of β-lactam (4-membered cyclic amide) rings is 1. The molecule has 3 saturated heterocycles. The molecule has 4 rings (SSSR count). The van der Waals surface area contributed by atoms with Crippen molar-refractivity contribution in [3.05, 3.63) is 0 Å². The standard InChI is InChI=1S/C28H44N4O7/c1-26(2,3)39-25(38)31-10-8-17(9-11-31)16-18-19(23(35)36)32(21(18)33)24(37)30-14-12-29(13-15-30)22(34)20-27(4,5)28(20,6)7/h17-20H,8-16H2,1-7H3,(H,35,36)/t18-,19+/m1/s1. The van der Waals surface area contributed by atoms with Crippen LogP contribution in [0.5, 0.6) is 0 Å². The quantitative estimate of drug-likeness (QED) is 0.535. The van der Waals surface area contributed by atoms with Gasteiger partial charge in [-0.25, -0.2) is 19.3 Å². The highest BCUT2D eigenvalue weighted by Gasteiger charge is 2.69. The van der Waals surface area contributed by atoms with Crippen molar-refractivity contribution < 1.29 is 33.8 Å². The first-order valence-electron chi connectivity index (χ1n) is 14.1. The van der Waals surface area contributed by atoms with Crippen molar-refractivity contribution in [2.24, 2.45) is 28.6 Å². The summed E-state index contributed by atoms with van der Waals surface area (Å²) in [5.41, 5.74) is -0.724. The van der Waals surface area contributed by atoms with Gasteiger partial charge < -0.3 is 24.5 Å². The Labute approximate surface area is 230 Å². The van der Waals surface area contributed by atoms with Gasteiger partial charge in [-0.1, -0.05) is 27.7 Å². The van der Waals surface area contributed by atoms with Crippen LogP contribution < -0.4 is 0 Å². The molecule has 0 unspecified atom stereocenters. The minimum atomic E-state index is -1.19. The van der Waals surface area contributed by atoms with Gasteiger partial charge in [-0.2, -0.15) is 0 Å². The molecule has 218 valence electrons. The third-order valence-corrected chi connectivity index (χ3v) is 9.66. The Morgan fingerprint density at radius 2 is 1.38 bits per heavy atom. The summed E-state index contributed by atoms with van der Waals surface area (Å²) in [6, 6.07) is -1.79. The lowest BCUT2D eigenvalue weighted by atomic mass is 9.77. The number of urea groups is 1. The minimum Gasteiger partial charge on any atom is -0.480 e. The summed E-state index contributed by atoms with van der Waals surface area (Å²) >= 11 is 0. The molecule has 39 heavy (non-hydrogen) atoms. The second kappa shape index (κ2) is 9.96. The smallest absolute Gasteiger partial charge is 0.410 e. The number of imide groups is 1. The summed E-state index contributed by atoms with van der Waals surface area (Å²) < 4.78 is 5.43. The number of aliphatic carboxylic acids is 1. The lowest BCUT2D eigenvalue weighted by Gasteiger charge is -2.47. The van der Waals surface area contributed by atoms with E-state index in [0.29, 0.717) is 45.4 Å². The van der Waals surface area contributed by atoms with Gasteiger partial charge >= 0.3 is 18.1 Å². The molecule has 1 saturated carbocycles. The van der Waals surface area contributed by atoms with E-state index in [1.54, 1.807) is 9.80 Å². The van der Waals surface area contributed by atoms with E-state index in [-0.39, 0.29) is 47.8 Å². The van der Waals surface area contributed by atoms with Crippen LogP contribution in [0, 0.1) is 28.6 Å². The SMILES string of the molecule is CC(C)(C)OC(=O)N1CCC(C[C@H]2C(=O)N(C(=O)N3CCN(C(=O)C4C(C)(C)C4(C)C)CC3)[C@@H]2C(=O)O)CC1. The van der Waals surface area contributed by atoms with Gasteiger partial charge in [-0.05, 0) is 56.8 Å². The van der Waals surface area contributed by atoms with Crippen molar-refractivity contribution in [2.45, 2.75) is 79.4 Å². The molecule has 3 aliphatic heterocycles. The molecule has 1 aliphatic carbocycles. The van der Waals surface area contributed by atoms with Crippen LogP contribution in [-0.4, -0.2) is 106 Å². The molecule has 0 radical (unpaired) electrons. The number of hydrogen-bond donors (Lipinski definition) is 1. The molecule has 0 aromatic rings. The van der Waals surface area contributed by atoms with Crippen molar-refractivity contribution in [2.75, 3.05) is 39.3 Å². The normalized spacial score (nSPS) is 27.2. The highest BCUT2D eigenvalue weighted by atomic mass is 16.6. The predicted octanol–water partition coefficient (Wildman–Crippen LogP) is 2.88. The number of carboxylic acids is 1. The van der Waals surface area contributed by atoms with Crippen molar-refractivity contribution in [1.29, 1.82) is 0 Å². The van der Waals surface area contributed by atoms with E-state index in [2.05, 4.69) is 27.7 Å². The van der Waals surface area contributed by atoms with Gasteiger partial charge in [0.15, 0.2) is 6.04 Å². The zero-order valence-electron chi connectivity index (χ0n) is 24.4. The number of carbonyl (C=O) groups excluding carboxylic acids is 4. The number of rotatable bonds is 4. The third-order valence-electron chi connectivity index (χ3n) is 9.66. The zero-order chi connectivity index (χ0) is 29.1. The summed E-state index contributed by atoms with van der Waals surface area (Å²) in [7, 11) is 0. The Balaban J connectivity index is 1.29. The van der Waals surface area contributed by atoms with Crippen molar-refractivity contribution in [3.8, 4) is 0 Å². The number of carboxylic acid groups (broad SMARTS) is 1. The van der Waals surface area contributed by atoms with E-state index in [1.165, 1.54) is 4.90 Å². The molecule has 0 bridgehead atoms. The lowest BCUT2D eigenvalue weighted by Crippen LogP contribution is -2.69. The van der Waals surface area contributed by atoms with Crippen molar-refractivity contribution in [1.82, 2.24) is 19.6 Å². The third kappa shape index (κ3) is 5.33. The number of piperidine rings is 1. The fraction of sp³-hybridized carbons (Fsp3) is 0.821. The van der Waals surface area contributed by atoms with Crippen molar-refractivity contribution >= 4 is 29.9 Å². The van der Waals surface area contributed by atoms with Crippen LogP contribution in [0.2, 0.25) is 0 Å². The lowest BCUT2D eigenvalue weighted by molar-refractivity contribution is -0.168. The summed E-state index contributed by atoms with van der Waals surface area (Å²) in [6.07, 6.45) is 1.30. The van der Waals surface area contributed by atoms with Gasteiger partial charge in [0.2, 0.25) is 11.8 Å². The fourth-order valence-corrected chi connectivity index (χ4v) is 6.58. The summed E-state index contributed by atoms with van der Waals surface area (Å²) in [5, 5.41) is 9.89. The van der Waals surface area contributed by atoms with Crippen LogP contribution in [0.15, 0.2) is 0 Å². The van der Waals surface area contributed by atoms with Gasteiger partial charge in [0, 0.05) is 45.2 Å². The zero-order valence-corrected chi connectivity index (χ0v) is 24.4. The molecule has 0 aromatic heterocycles. The first-order chi connectivity index (χ1) is 18.0. The topological polar surface area (TPSA) is 128 Å². The van der Waals surface area contributed by atoms with Gasteiger partial charge in [0.05, 0.1) is 5.92 Å². The van der Waals surface area contributed by atoms with Crippen molar-refractivity contribution in [3.63, 3.8) is 0 Å². The Morgan fingerprint density at radius 3 is 1.85 bits per heavy atom. The molecule has 0 spiro atoms. The summed E-state index contributed by atoms with van der Waals surface area (Å²) in [6.45, 7) is 16.1. The molecule has 4 fully saturated rings. The molecule has 0 aromatic carbocycles. The first kappa shape index (κ1) is 29.1. The Hall–Kier alpha value is -2.85. The fourth-order valence-electron chi connectivity index (χ4n) is 6.58.